The number of aromatic nitrogens is 1. The van der Waals surface area contributed by atoms with Gasteiger partial charge in [-0.25, -0.2) is 13.4 Å². The Hall–Kier alpha value is -1.06. The Morgan fingerprint density at radius 1 is 1.00 bits per heavy atom. The minimum absolute atomic E-state index is 0.0637. The Bertz CT molecular complexity index is 809. The number of sulfonamides is 1. The predicted octanol–water partition coefficient (Wildman–Crippen LogP) is 4.36. The summed E-state index contributed by atoms with van der Waals surface area (Å²) in [7, 11) is -3.66. The van der Waals surface area contributed by atoms with Crippen molar-refractivity contribution in [1.82, 2.24) is 9.29 Å². The quantitative estimate of drug-likeness (QED) is 0.585. The largest absolute Gasteiger partial charge is 0.261 e. The second-order valence-corrected chi connectivity index (χ2v) is 9.61. The van der Waals surface area contributed by atoms with E-state index in [1.54, 1.807) is 28.7 Å². The van der Waals surface area contributed by atoms with Crippen LogP contribution in [0.4, 0.5) is 0 Å². The summed E-state index contributed by atoms with van der Waals surface area (Å²) in [5, 5.41) is 3.96. The Morgan fingerprint density at radius 3 is 2.04 bits per heavy atom. The van der Waals surface area contributed by atoms with Crippen LogP contribution < -0.4 is 0 Å². The van der Waals surface area contributed by atoms with Crippen LogP contribution in [0.15, 0.2) is 62.9 Å². The van der Waals surface area contributed by atoms with E-state index in [1.807, 2.05) is 35.0 Å². The molecule has 3 heterocycles. The molecule has 0 fully saturated rings. The van der Waals surface area contributed by atoms with Crippen LogP contribution in [0.25, 0.3) is 0 Å². The van der Waals surface area contributed by atoms with Gasteiger partial charge in [-0.1, -0.05) is 12.1 Å². The molecule has 0 aromatic carbocycles. The Kier molecular flexibility index (Phi) is 5.27. The Balaban J connectivity index is 1.93. The summed E-state index contributed by atoms with van der Waals surface area (Å²) >= 11 is 6.37. The van der Waals surface area contributed by atoms with Gasteiger partial charge in [0, 0.05) is 33.5 Å². The fraction of sp³-hybridized carbons (Fsp3) is 0.133. The van der Waals surface area contributed by atoms with E-state index in [1.165, 1.54) is 16.6 Å². The molecule has 4 nitrogen and oxygen atoms in total. The van der Waals surface area contributed by atoms with Crippen molar-refractivity contribution in [2.45, 2.75) is 18.1 Å². The molecular weight excluding hydrogens is 416 g/mol. The van der Waals surface area contributed by atoms with Crippen molar-refractivity contribution in [1.29, 1.82) is 0 Å². The molecule has 0 aliphatic rings. The SMILES string of the molecule is O=S(=O)(c1ccc(Br)cn1)N(Cc1cccs1)Cc1cccs1. The minimum Gasteiger partial charge on any atom is -0.242 e. The monoisotopic (exact) mass is 428 g/mol. The molecule has 0 saturated carbocycles. The van der Waals surface area contributed by atoms with Crippen LogP contribution in [0.3, 0.4) is 0 Å². The third kappa shape index (κ3) is 4.07. The first kappa shape index (κ1) is 16.8. The lowest BCUT2D eigenvalue weighted by molar-refractivity contribution is 0.405. The Labute approximate surface area is 151 Å². The molecule has 3 rings (SSSR count). The average Bonchev–Trinajstić information content (AvgIpc) is 3.20. The molecule has 0 atom stereocenters. The zero-order chi connectivity index (χ0) is 16.3. The van der Waals surface area contributed by atoms with E-state index in [4.69, 9.17) is 0 Å². The van der Waals surface area contributed by atoms with Gasteiger partial charge >= 0.3 is 0 Å². The molecule has 0 N–H and O–H groups in total. The van der Waals surface area contributed by atoms with Crippen LogP contribution in [-0.2, 0) is 23.1 Å². The van der Waals surface area contributed by atoms with Crippen molar-refractivity contribution in [2.24, 2.45) is 0 Å². The van der Waals surface area contributed by atoms with Gasteiger partial charge in [-0.2, -0.15) is 4.31 Å². The molecule has 23 heavy (non-hydrogen) atoms. The van der Waals surface area contributed by atoms with Gasteiger partial charge in [0.1, 0.15) is 0 Å². The third-order valence-electron chi connectivity index (χ3n) is 3.13. The van der Waals surface area contributed by atoms with Gasteiger partial charge in [0.05, 0.1) is 0 Å². The number of halogens is 1. The van der Waals surface area contributed by atoms with Crippen molar-refractivity contribution in [3.63, 3.8) is 0 Å². The molecule has 0 amide bonds. The highest BCUT2D eigenvalue weighted by molar-refractivity contribution is 9.10. The third-order valence-corrected chi connectivity index (χ3v) is 7.03. The highest BCUT2D eigenvalue weighted by Crippen LogP contribution is 2.24. The van der Waals surface area contributed by atoms with Gasteiger partial charge < -0.3 is 0 Å². The van der Waals surface area contributed by atoms with E-state index in [-0.39, 0.29) is 5.03 Å². The summed E-state index contributed by atoms with van der Waals surface area (Å²) < 4.78 is 28.1. The number of nitrogens with zero attached hydrogens (tertiary/aromatic N) is 2. The molecular formula is C15H13BrN2O2S3. The van der Waals surface area contributed by atoms with E-state index in [0.29, 0.717) is 13.1 Å². The van der Waals surface area contributed by atoms with Gasteiger partial charge in [0.15, 0.2) is 5.03 Å². The molecule has 0 spiro atoms. The highest BCUT2D eigenvalue weighted by Gasteiger charge is 2.26. The molecule has 0 aliphatic heterocycles. The number of thiophene rings is 2. The molecule has 3 aromatic heterocycles. The summed E-state index contributed by atoms with van der Waals surface area (Å²) in [4.78, 5) is 6.06. The van der Waals surface area contributed by atoms with Crippen molar-refractivity contribution >= 4 is 48.6 Å². The van der Waals surface area contributed by atoms with E-state index in [2.05, 4.69) is 20.9 Å². The standard InChI is InChI=1S/C15H13BrN2O2S3/c16-12-5-6-15(17-9-12)23(19,20)18(10-13-3-1-7-21-13)11-14-4-2-8-22-14/h1-9H,10-11H2. The maximum absolute atomic E-state index is 13.0. The highest BCUT2D eigenvalue weighted by atomic mass is 79.9. The fourth-order valence-electron chi connectivity index (χ4n) is 2.03. The number of pyridine rings is 1. The predicted molar refractivity (Wildman–Crippen MR) is 97.0 cm³/mol. The first-order valence-electron chi connectivity index (χ1n) is 6.72. The van der Waals surface area contributed by atoms with E-state index >= 15 is 0 Å². The van der Waals surface area contributed by atoms with Crippen LogP contribution in [0, 0.1) is 0 Å². The molecule has 0 saturated heterocycles. The summed E-state index contributed by atoms with van der Waals surface area (Å²) in [5.41, 5.74) is 0. The van der Waals surface area contributed by atoms with Crippen molar-refractivity contribution in [3.8, 4) is 0 Å². The molecule has 8 heteroatoms. The molecule has 0 radical (unpaired) electrons. The molecule has 120 valence electrons. The number of hydrogen-bond acceptors (Lipinski definition) is 5. The van der Waals surface area contributed by atoms with Gasteiger partial charge in [-0.05, 0) is 51.0 Å². The van der Waals surface area contributed by atoms with Gasteiger partial charge in [-0.15, -0.1) is 22.7 Å². The van der Waals surface area contributed by atoms with Gasteiger partial charge in [0.2, 0.25) is 0 Å². The molecule has 3 aromatic rings. The minimum atomic E-state index is -3.66. The lowest BCUT2D eigenvalue weighted by Gasteiger charge is -2.20. The van der Waals surface area contributed by atoms with Crippen LogP contribution in [0.1, 0.15) is 9.75 Å². The number of rotatable bonds is 6. The topological polar surface area (TPSA) is 50.3 Å². The van der Waals surface area contributed by atoms with Crippen LogP contribution >= 0.6 is 38.6 Å². The molecule has 0 bridgehead atoms. The van der Waals surface area contributed by atoms with Gasteiger partial charge in [-0.3, -0.25) is 0 Å². The summed E-state index contributed by atoms with van der Waals surface area (Å²) in [6, 6.07) is 10.9. The molecule has 0 aliphatic carbocycles. The van der Waals surface area contributed by atoms with Crippen molar-refractivity contribution in [3.05, 3.63) is 67.6 Å². The van der Waals surface area contributed by atoms with Crippen LogP contribution in [0.5, 0.6) is 0 Å². The lowest BCUT2D eigenvalue weighted by Crippen LogP contribution is -2.30. The zero-order valence-electron chi connectivity index (χ0n) is 11.9. The second-order valence-electron chi connectivity index (χ2n) is 4.75. The average molecular weight is 429 g/mol. The summed E-state index contributed by atoms with van der Waals surface area (Å²) in [6.07, 6.45) is 1.50. The number of hydrogen-bond donors (Lipinski definition) is 0. The second kappa shape index (κ2) is 7.23. The fourth-order valence-corrected chi connectivity index (χ4v) is 5.17. The maximum Gasteiger partial charge on any atom is 0.261 e. The lowest BCUT2D eigenvalue weighted by atomic mass is 10.4. The summed E-state index contributed by atoms with van der Waals surface area (Å²) in [6.45, 7) is 0.686. The smallest absolute Gasteiger partial charge is 0.242 e. The van der Waals surface area contributed by atoms with E-state index < -0.39 is 10.0 Å². The molecule has 0 unspecified atom stereocenters. The van der Waals surface area contributed by atoms with Crippen LogP contribution in [0.2, 0.25) is 0 Å². The summed E-state index contributed by atoms with van der Waals surface area (Å²) in [5.74, 6) is 0. The van der Waals surface area contributed by atoms with E-state index in [0.717, 1.165) is 14.2 Å². The van der Waals surface area contributed by atoms with Gasteiger partial charge in [0.25, 0.3) is 10.0 Å². The Morgan fingerprint density at radius 2 is 1.61 bits per heavy atom. The van der Waals surface area contributed by atoms with Crippen molar-refractivity contribution in [2.75, 3.05) is 0 Å². The zero-order valence-corrected chi connectivity index (χ0v) is 16.0. The normalized spacial score (nSPS) is 11.9. The first-order valence-corrected chi connectivity index (χ1v) is 10.7. The van der Waals surface area contributed by atoms with E-state index in [9.17, 15) is 8.42 Å². The first-order chi connectivity index (χ1) is 11.1. The maximum atomic E-state index is 13.0. The van der Waals surface area contributed by atoms with Crippen molar-refractivity contribution < 1.29 is 8.42 Å². The van der Waals surface area contributed by atoms with Crippen LogP contribution in [-0.4, -0.2) is 17.7 Å².